The number of amides is 2. The van der Waals surface area contributed by atoms with Gasteiger partial charge < -0.3 is 20.3 Å². The number of benzene rings is 1. The van der Waals surface area contributed by atoms with Gasteiger partial charge in [-0.2, -0.15) is 5.10 Å². The summed E-state index contributed by atoms with van der Waals surface area (Å²) in [6, 6.07) is 3.50. The Hall–Kier alpha value is -3.07. The van der Waals surface area contributed by atoms with Crippen LogP contribution in [0.3, 0.4) is 0 Å². The van der Waals surface area contributed by atoms with Crippen LogP contribution in [-0.2, 0) is 17.8 Å². The van der Waals surface area contributed by atoms with E-state index in [0.29, 0.717) is 50.3 Å². The van der Waals surface area contributed by atoms with E-state index in [1.807, 2.05) is 25.3 Å². The summed E-state index contributed by atoms with van der Waals surface area (Å²) in [5.74, 6) is 0.650. The Morgan fingerprint density at radius 3 is 2.75 bits per heavy atom. The van der Waals surface area contributed by atoms with Crippen molar-refractivity contribution < 1.29 is 24.5 Å². The van der Waals surface area contributed by atoms with E-state index in [1.54, 1.807) is 24.7 Å². The lowest BCUT2D eigenvalue weighted by Crippen LogP contribution is -2.41. The second-order valence-electron chi connectivity index (χ2n) is 9.33. The fourth-order valence-electron chi connectivity index (χ4n) is 4.46. The van der Waals surface area contributed by atoms with E-state index >= 15 is 0 Å². The van der Waals surface area contributed by atoms with Gasteiger partial charge in [-0.25, -0.2) is 4.79 Å². The summed E-state index contributed by atoms with van der Waals surface area (Å²) in [5.41, 5.74) is 2.21. The number of nitrogens with zero attached hydrogens (tertiary/aromatic N) is 3. The molecule has 1 fully saturated rings. The van der Waals surface area contributed by atoms with Gasteiger partial charge in [-0.3, -0.25) is 14.4 Å². The lowest BCUT2D eigenvalue weighted by atomic mass is 9.92. The summed E-state index contributed by atoms with van der Waals surface area (Å²) < 4.78 is 7.96. The number of carbonyl (C=O) groups excluding carboxylic acids is 1. The maximum atomic E-state index is 11.9. The Labute approximate surface area is 187 Å². The first-order valence-corrected chi connectivity index (χ1v) is 11.0. The van der Waals surface area contributed by atoms with Crippen molar-refractivity contribution in [1.82, 2.24) is 15.1 Å². The van der Waals surface area contributed by atoms with Crippen LogP contribution >= 0.6 is 0 Å². The molecule has 0 saturated carbocycles. The largest absolute Gasteiger partial charge is 0.490 e. The van der Waals surface area contributed by atoms with Crippen LogP contribution in [0.15, 0.2) is 24.5 Å². The monoisotopic (exact) mass is 442 g/mol. The first kappa shape index (κ1) is 22.1. The molecule has 0 unspecified atom stereocenters. The van der Waals surface area contributed by atoms with Crippen molar-refractivity contribution in [3.05, 3.63) is 30.1 Å². The number of rotatable bonds is 6. The molecular formula is C23H30N4O5. The minimum absolute atomic E-state index is 0.0210. The van der Waals surface area contributed by atoms with Crippen LogP contribution in [0.2, 0.25) is 0 Å². The molecule has 1 saturated heterocycles. The van der Waals surface area contributed by atoms with Crippen LogP contribution in [-0.4, -0.2) is 56.3 Å². The molecule has 2 aromatic rings. The van der Waals surface area contributed by atoms with Gasteiger partial charge in [-0.1, -0.05) is 0 Å². The maximum Gasteiger partial charge on any atom is 0.412 e. The number of aromatic nitrogens is 2. The van der Waals surface area contributed by atoms with Crippen molar-refractivity contribution >= 4 is 17.7 Å². The molecule has 0 aliphatic carbocycles. The summed E-state index contributed by atoms with van der Waals surface area (Å²) in [4.78, 5) is 24.9. The number of anilines is 1. The van der Waals surface area contributed by atoms with Gasteiger partial charge in [0.2, 0.25) is 5.91 Å². The van der Waals surface area contributed by atoms with E-state index in [0.717, 1.165) is 16.7 Å². The van der Waals surface area contributed by atoms with Crippen molar-refractivity contribution in [2.75, 3.05) is 11.5 Å². The van der Waals surface area contributed by atoms with Crippen molar-refractivity contribution in [2.24, 2.45) is 0 Å². The summed E-state index contributed by atoms with van der Waals surface area (Å²) in [5, 5.41) is 27.2. The number of hydrogen-bond acceptors (Lipinski definition) is 5. The second kappa shape index (κ2) is 8.46. The number of aliphatic hydroxyl groups is 1. The molecule has 2 aliphatic heterocycles. The molecular weight excluding hydrogens is 412 g/mol. The van der Waals surface area contributed by atoms with E-state index in [-0.39, 0.29) is 18.0 Å². The Morgan fingerprint density at radius 2 is 2.09 bits per heavy atom. The quantitative estimate of drug-likeness (QED) is 0.633. The fraction of sp³-hybridized carbons (Fsp3) is 0.522. The van der Waals surface area contributed by atoms with Gasteiger partial charge in [0.25, 0.3) is 0 Å². The third-order valence-corrected chi connectivity index (χ3v) is 5.96. The smallest absolute Gasteiger partial charge is 0.412 e. The van der Waals surface area contributed by atoms with Crippen LogP contribution in [0.5, 0.6) is 5.75 Å². The molecule has 3 heterocycles. The average molecular weight is 443 g/mol. The van der Waals surface area contributed by atoms with Gasteiger partial charge in [0.05, 0.1) is 30.1 Å². The van der Waals surface area contributed by atoms with Crippen molar-refractivity contribution in [3.63, 3.8) is 0 Å². The number of fused-ring (bicyclic) bond motifs is 1. The SMILES string of the molecule is C[C@H]1CCc2c(ccc(-c3cnn(CC(C)(C)O)c3)c2OC[C@H]2CCC(=O)N2)N1C(=O)O. The molecule has 2 aliphatic rings. The fourth-order valence-corrected chi connectivity index (χ4v) is 4.46. The number of hydrogen-bond donors (Lipinski definition) is 3. The van der Waals surface area contributed by atoms with Crippen LogP contribution in [0.25, 0.3) is 11.1 Å². The topological polar surface area (TPSA) is 117 Å². The highest BCUT2D eigenvalue weighted by Crippen LogP contribution is 2.43. The highest BCUT2D eigenvalue weighted by molar-refractivity contribution is 5.91. The third kappa shape index (κ3) is 4.57. The van der Waals surface area contributed by atoms with E-state index in [2.05, 4.69) is 10.4 Å². The predicted octanol–water partition coefficient (Wildman–Crippen LogP) is 2.80. The van der Waals surface area contributed by atoms with E-state index < -0.39 is 11.7 Å². The summed E-state index contributed by atoms with van der Waals surface area (Å²) in [6.45, 7) is 6.00. The highest BCUT2D eigenvalue weighted by Gasteiger charge is 2.32. The van der Waals surface area contributed by atoms with Crippen LogP contribution in [0, 0.1) is 0 Å². The lowest BCUT2D eigenvalue weighted by molar-refractivity contribution is -0.119. The molecule has 0 radical (unpaired) electrons. The van der Waals surface area contributed by atoms with Gasteiger partial charge >= 0.3 is 6.09 Å². The Kier molecular flexibility index (Phi) is 5.85. The lowest BCUT2D eigenvalue weighted by Gasteiger charge is -2.34. The number of nitrogens with one attached hydrogen (secondary N) is 1. The van der Waals surface area contributed by atoms with Crippen molar-refractivity contribution in [3.8, 4) is 16.9 Å². The minimum atomic E-state index is -0.988. The standard InChI is InChI=1S/C23H30N4O5/c1-14-4-6-18-19(27(14)22(29)30)8-7-17(15-10-24-26(11-15)13-23(2,3)31)21(18)32-12-16-5-9-20(28)25-16/h7-8,10-11,14,16,31H,4-6,9,12-13H2,1-3H3,(H,25,28)(H,29,30)/t14-,16+/m0/s1. The van der Waals surface area contributed by atoms with E-state index in [4.69, 9.17) is 4.74 Å². The average Bonchev–Trinajstić information content (AvgIpc) is 3.32. The Balaban J connectivity index is 1.72. The molecule has 9 heteroatoms. The molecule has 1 aromatic carbocycles. The molecule has 2 amide bonds. The third-order valence-electron chi connectivity index (χ3n) is 5.96. The summed E-state index contributed by atoms with van der Waals surface area (Å²) >= 11 is 0. The minimum Gasteiger partial charge on any atom is -0.490 e. The first-order valence-electron chi connectivity index (χ1n) is 11.0. The van der Waals surface area contributed by atoms with Gasteiger partial charge in [0.15, 0.2) is 0 Å². The van der Waals surface area contributed by atoms with E-state index in [1.165, 1.54) is 4.90 Å². The molecule has 172 valence electrons. The first-order chi connectivity index (χ1) is 15.1. The summed E-state index contributed by atoms with van der Waals surface area (Å²) in [6.07, 6.45) is 5.17. The van der Waals surface area contributed by atoms with Crippen molar-refractivity contribution in [1.29, 1.82) is 0 Å². The Bertz CT molecular complexity index is 1030. The molecule has 3 N–H and O–H groups in total. The van der Waals surface area contributed by atoms with Crippen molar-refractivity contribution in [2.45, 2.75) is 70.7 Å². The molecule has 0 spiro atoms. The van der Waals surface area contributed by atoms with Gasteiger partial charge in [0.1, 0.15) is 12.4 Å². The predicted molar refractivity (Wildman–Crippen MR) is 119 cm³/mol. The van der Waals surface area contributed by atoms with Crippen LogP contribution < -0.4 is 15.0 Å². The molecule has 1 aromatic heterocycles. The normalized spacial score (nSPS) is 20.8. The van der Waals surface area contributed by atoms with E-state index in [9.17, 15) is 19.8 Å². The number of carboxylic acid groups (broad SMARTS) is 1. The zero-order valence-corrected chi connectivity index (χ0v) is 18.7. The van der Waals surface area contributed by atoms with Crippen LogP contribution in [0.4, 0.5) is 10.5 Å². The molecule has 0 bridgehead atoms. The zero-order chi connectivity index (χ0) is 23.0. The summed E-state index contributed by atoms with van der Waals surface area (Å²) in [7, 11) is 0. The highest BCUT2D eigenvalue weighted by atomic mass is 16.5. The van der Waals surface area contributed by atoms with Crippen LogP contribution in [0.1, 0.15) is 45.6 Å². The second-order valence-corrected chi connectivity index (χ2v) is 9.33. The molecule has 9 nitrogen and oxygen atoms in total. The molecule has 2 atom stereocenters. The number of ether oxygens (including phenoxy) is 1. The Morgan fingerprint density at radius 1 is 1.31 bits per heavy atom. The molecule has 32 heavy (non-hydrogen) atoms. The zero-order valence-electron chi connectivity index (χ0n) is 18.7. The van der Waals surface area contributed by atoms with Gasteiger partial charge in [-0.05, 0) is 52.2 Å². The van der Waals surface area contributed by atoms with Gasteiger partial charge in [-0.15, -0.1) is 0 Å². The number of carbonyl (C=O) groups is 2. The molecule has 4 rings (SSSR count). The maximum absolute atomic E-state index is 11.9. The van der Waals surface area contributed by atoms with Gasteiger partial charge in [0, 0.05) is 35.3 Å².